The summed E-state index contributed by atoms with van der Waals surface area (Å²) in [5, 5.41) is 16.2. The molecule has 1 aliphatic carbocycles. The summed E-state index contributed by atoms with van der Waals surface area (Å²) in [6.45, 7) is 1.57. The van der Waals surface area contributed by atoms with Gasteiger partial charge < -0.3 is 5.32 Å². The first-order chi connectivity index (χ1) is 13.7. The Balaban J connectivity index is 1.76. The molecule has 2 N–H and O–H groups in total. The predicted molar refractivity (Wildman–Crippen MR) is 101 cm³/mol. The SMILES string of the molecule is C[C@H](N[C@H]1CCCc2ccccc21)C(=O)Nc1ccc([N+](=O)[O-])cc1C(F)(F)F. The van der Waals surface area contributed by atoms with Gasteiger partial charge in [-0.05, 0) is 43.4 Å². The van der Waals surface area contributed by atoms with E-state index in [1.807, 2.05) is 24.3 Å². The predicted octanol–water partition coefficient (Wildman–Crippen LogP) is 4.61. The molecule has 6 nitrogen and oxygen atoms in total. The topological polar surface area (TPSA) is 84.3 Å². The second-order valence-electron chi connectivity index (χ2n) is 7.01. The summed E-state index contributed by atoms with van der Waals surface area (Å²) in [5.74, 6) is -0.646. The van der Waals surface area contributed by atoms with Crippen LogP contribution in [0.1, 0.15) is 42.5 Å². The molecule has 1 amide bonds. The second kappa shape index (κ2) is 8.20. The Hall–Kier alpha value is -2.94. The number of hydrogen-bond acceptors (Lipinski definition) is 4. The molecule has 0 unspecified atom stereocenters. The minimum absolute atomic E-state index is 0.0698. The number of hydrogen-bond donors (Lipinski definition) is 2. The van der Waals surface area contributed by atoms with Crippen molar-refractivity contribution in [1.29, 1.82) is 0 Å². The Bertz CT molecular complexity index is 931. The minimum atomic E-state index is -4.84. The highest BCUT2D eigenvalue weighted by Crippen LogP contribution is 2.37. The molecule has 2 atom stereocenters. The summed E-state index contributed by atoms with van der Waals surface area (Å²) in [6, 6.07) is 9.30. The fourth-order valence-electron chi connectivity index (χ4n) is 3.53. The van der Waals surface area contributed by atoms with Gasteiger partial charge in [0.15, 0.2) is 0 Å². The zero-order chi connectivity index (χ0) is 21.2. The molecule has 154 valence electrons. The molecule has 9 heteroatoms. The molecule has 0 saturated heterocycles. The highest BCUT2D eigenvalue weighted by atomic mass is 19.4. The van der Waals surface area contributed by atoms with Gasteiger partial charge in [-0.3, -0.25) is 20.2 Å². The molecule has 0 bridgehead atoms. The largest absolute Gasteiger partial charge is 0.418 e. The van der Waals surface area contributed by atoms with Gasteiger partial charge in [-0.15, -0.1) is 0 Å². The summed E-state index contributed by atoms with van der Waals surface area (Å²) in [4.78, 5) is 22.4. The number of carbonyl (C=O) groups excluding carboxylic acids is 1. The monoisotopic (exact) mass is 407 g/mol. The Morgan fingerprint density at radius 1 is 1.24 bits per heavy atom. The molecule has 0 heterocycles. The Morgan fingerprint density at radius 2 is 1.97 bits per heavy atom. The summed E-state index contributed by atoms with van der Waals surface area (Å²) in [7, 11) is 0. The van der Waals surface area contributed by atoms with Gasteiger partial charge in [0.1, 0.15) is 0 Å². The van der Waals surface area contributed by atoms with Gasteiger partial charge in [-0.2, -0.15) is 13.2 Å². The molecule has 0 spiro atoms. The third-order valence-corrected chi connectivity index (χ3v) is 4.99. The zero-order valence-corrected chi connectivity index (χ0v) is 15.6. The molecule has 1 aliphatic rings. The van der Waals surface area contributed by atoms with E-state index in [0.717, 1.165) is 37.0 Å². The Labute approximate surface area is 165 Å². The molecule has 3 rings (SSSR count). The first kappa shape index (κ1) is 20.8. The number of carbonyl (C=O) groups is 1. The number of halogens is 3. The normalized spacial score (nSPS) is 17.3. The van der Waals surface area contributed by atoms with Crippen LogP contribution in [0, 0.1) is 10.1 Å². The maximum Gasteiger partial charge on any atom is 0.418 e. The maximum absolute atomic E-state index is 13.3. The first-order valence-corrected chi connectivity index (χ1v) is 9.17. The van der Waals surface area contributed by atoms with Crippen LogP contribution in [-0.2, 0) is 17.4 Å². The lowest BCUT2D eigenvalue weighted by Crippen LogP contribution is -2.41. The van der Waals surface area contributed by atoms with E-state index in [-0.39, 0.29) is 6.04 Å². The van der Waals surface area contributed by atoms with Gasteiger partial charge >= 0.3 is 6.18 Å². The zero-order valence-electron chi connectivity index (χ0n) is 15.6. The lowest BCUT2D eigenvalue weighted by Gasteiger charge is -2.29. The third-order valence-electron chi connectivity index (χ3n) is 4.99. The highest BCUT2D eigenvalue weighted by Gasteiger charge is 2.36. The molecule has 2 aromatic carbocycles. The van der Waals surface area contributed by atoms with Gasteiger partial charge in [0.2, 0.25) is 5.91 Å². The van der Waals surface area contributed by atoms with Crippen LogP contribution in [-0.4, -0.2) is 16.9 Å². The molecule has 0 aromatic heterocycles. The van der Waals surface area contributed by atoms with Crippen LogP contribution in [0.15, 0.2) is 42.5 Å². The van der Waals surface area contributed by atoms with Crippen molar-refractivity contribution < 1.29 is 22.9 Å². The lowest BCUT2D eigenvalue weighted by atomic mass is 9.87. The summed E-state index contributed by atoms with van der Waals surface area (Å²) < 4.78 is 39.9. The van der Waals surface area contributed by atoms with Crippen molar-refractivity contribution in [1.82, 2.24) is 5.32 Å². The number of nitro benzene ring substituents is 1. The van der Waals surface area contributed by atoms with Crippen molar-refractivity contribution in [3.05, 3.63) is 69.3 Å². The molecular formula is C20H20F3N3O3. The van der Waals surface area contributed by atoms with Crippen LogP contribution in [0.5, 0.6) is 0 Å². The van der Waals surface area contributed by atoms with E-state index in [4.69, 9.17) is 0 Å². The molecule has 0 fully saturated rings. The van der Waals surface area contributed by atoms with E-state index in [9.17, 15) is 28.1 Å². The minimum Gasteiger partial charge on any atom is -0.324 e. The number of alkyl halides is 3. The number of nitrogens with zero attached hydrogens (tertiary/aromatic N) is 1. The summed E-state index contributed by atoms with van der Waals surface area (Å²) in [5.41, 5.74) is -0.176. The average Bonchev–Trinajstić information content (AvgIpc) is 2.67. The number of rotatable bonds is 5. The van der Waals surface area contributed by atoms with Crippen molar-refractivity contribution in [2.45, 2.75) is 44.4 Å². The van der Waals surface area contributed by atoms with E-state index in [2.05, 4.69) is 10.6 Å². The standard InChI is InChI=1S/C20H20F3N3O3/c1-12(24-17-8-4-6-13-5-2-3-7-15(13)17)19(27)25-18-10-9-14(26(28)29)11-16(18)20(21,22)23/h2-3,5,7,9-12,17,24H,4,6,8H2,1H3,(H,25,27)/t12-,17-/m0/s1. The van der Waals surface area contributed by atoms with Gasteiger partial charge in [0.05, 0.1) is 22.2 Å². The third kappa shape index (κ3) is 4.73. The van der Waals surface area contributed by atoms with Crippen LogP contribution in [0.4, 0.5) is 24.5 Å². The van der Waals surface area contributed by atoms with Crippen LogP contribution in [0.25, 0.3) is 0 Å². The van der Waals surface area contributed by atoms with Crippen molar-refractivity contribution in [3.8, 4) is 0 Å². The Kier molecular flexibility index (Phi) is 5.88. The molecule has 2 aromatic rings. The summed E-state index contributed by atoms with van der Waals surface area (Å²) in [6.07, 6.45) is -2.12. The highest BCUT2D eigenvalue weighted by molar-refractivity contribution is 5.95. The van der Waals surface area contributed by atoms with Crippen LogP contribution < -0.4 is 10.6 Å². The first-order valence-electron chi connectivity index (χ1n) is 9.17. The second-order valence-corrected chi connectivity index (χ2v) is 7.01. The number of anilines is 1. The van der Waals surface area contributed by atoms with E-state index >= 15 is 0 Å². The van der Waals surface area contributed by atoms with Crippen LogP contribution in [0.2, 0.25) is 0 Å². The number of nitrogens with one attached hydrogen (secondary N) is 2. The number of benzene rings is 2. The van der Waals surface area contributed by atoms with Crippen molar-refractivity contribution in [3.63, 3.8) is 0 Å². The number of fused-ring (bicyclic) bond motifs is 1. The maximum atomic E-state index is 13.3. The van der Waals surface area contributed by atoms with Crippen molar-refractivity contribution in [2.75, 3.05) is 5.32 Å². The average molecular weight is 407 g/mol. The van der Waals surface area contributed by atoms with Crippen LogP contribution >= 0.6 is 0 Å². The van der Waals surface area contributed by atoms with E-state index < -0.39 is 40.0 Å². The van der Waals surface area contributed by atoms with Gasteiger partial charge in [-0.25, -0.2) is 0 Å². The van der Waals surface area contributed by atoms with E-state index in [1.54, 1.807) is 6.92 Å². The van der Waals surface area contributed by atoms with Gasteiger partial charge in [0, 0.05) is 18.2 Å². The molecular weight excluding hydrogens is 387 g/mol. The van der Waals surface area contributed by atoms with Gasteiger partial charge in [-0.1, -0.05) is 24.3 Å². The van der Waals surface area contributed by atoms with Crippen molar-refractivity contribution >= 4 is 17.3 Å². The number of nitro groups is 1. The fourth-order valence-corrected chi connectivity index (χ4v) is 3.53. The number of amides is 1. The molecule has 0 saturated carbocycles. The summed E-state index contributed by atoms with van der Waals surface area (Å²) >= 11 is 0. The van der Waals surface area contributed by atoms with E-state index in [0.29, 0.717) is 6.07 Å². The van der Waals surface area contributed by atoms with Crippen LogP contribution in [0.3, 0.4) is 0 Å². The number of aryl methyl sites for hydroxylation is 1. The van der Waals surface area contributed by atoms with Crippen molar-refractivity contribution in [2.24, 2.45) is 0 Å². The van der Waals surface area contributed by atoms with E-state index in [1.165, 1.54) is 5.56 Å². The number of non-ortho nitro benzene ring substituents is 1. The molecule has 0 aliphatic heterocycles. The quantitative estimate of drug-likeness (QED) is 0.560. The van der Waals surface area contributed by atoms with Gasteiger partial charge in [0.25, 0.3) is 5.69 Å². The lowest BCUT2D eigenvalue weighted by molar-refractivity contribution is -0.385. The fraction of sp³-hybridized carbons (Fsp3) is 0.350. The molecule has 0 radical (unpaired) electrons. The smallest absolute Gasteiger partial charge is 0.324 e. The molecule has 29 heavy (non-hydrogen) atoms. The Morgan fingerprint density at radius 3 is 2.66 bits per heavy atom.